The Kier molecular flexibility index (Phi) is 10.8. The molecule has 0 radical (unpaired) electrons. The lowest BCUT2D eigenvalue weighted by molar-refractivity contribution is -0.117. The maximum absolute atomic E-state index is 11.0. The number of carbonyl (C=O) groups is 1. The van der Waals surface area contributed by atoms with Gasteiger partial charge in [0.2, 0.25) is 5.91 Å². The van der Waals surface area contributed by atoms with Crippen LogP contribution in [-0.4, -0.2) is 47.8 Å². The summed E-state index contributed by atoms with van der Waals surface area (Å²) >= 11 is 0. The average Bonchev–Trinajstić information content (AvgIpc) is 2.23. The zero-order valence-corrected chi connectivity index (χ0v) is 12.1. The lowest BCUT2D eigenvalue weighted by Crippen LogP contribution is -2.27. The fraction of sp³-hybridized carbons (Fsp3) is 0.545. The third-order valence-corrected chi connectivity index (χ3v) is 2.17. The number of hydrogen-bond acceptors (Lipinski definition) is 3. The van der Waals surface area contributed by atoms with E-state index < -0.39 is 7.60 Å². The molecule has 0 heterocycles. The van der Waals surface area contributed by atoms with Crippen molar-refractivity contribution in [2.45, 2.75) is 13.3 Å². The Balaban J connectivity index is 0. The van der Waals surface area contributed by atoms with E-state index in [1.165, 1.54) is 0 Å². The van der Waals surface area contributed by atoms with Crippen LogP contribution < -0.4 is 5.32 Å². The summed E-state index contributed by atoms with van der Waals surface area (Å²) in [6, 6.07) is 0. The number of rotatable bonds is 6. The molecule has 0 aliphatic heterocycles. The molecule has 0 aromatic carbocycles. The van der Waals surface area contributed by atoms with Gasteiger partial charge in [-0.05, 0) is 34.0 Å². The molecular formula is C11H23N2O4P. The van der Waals surface area contributed by atoms with E-state index in [1.54, 1.807) is 6.92 Å². The Hall–Kier alpha value is -0.940. The summed E-state index contributed by atoms with van der Waals surface area (Å²) < 4.78 is 9.58. The highest BCUT2D eigenvalue weighted by Gasteiger charge is 2.01. The minimum absolute atomic E-state index is 0.0474. The van der Waals surface area contributed by atoms with Gasteiger partial charge < -0.3 is 20.0 Å². The van der Waals surface area contributed by atoms with Crippen molar-refractivity contribution in [3.8, 4) is 0 Å². The van der Waals surface area contributed by atoms with E-state index in [1.807, 2.05) is 14.1 Å². The minimum atomic E-state index is -3.88. The largest absolute Gasteiger partial charge is 0.352 e. The lowest BCUT2D eigenvalue weighted by atomic mass is 10.3. The van der Waals surface area contributed by atoms with Crippen molar-refractivity contribution in [1.82, 2.24) is 10.2 Å². The molecule has 0 fully saturated rings. The molecule has 18 heavy (non-hydrogen) atoms. The first-order valence-corrected chi connectivity index (χ1v) is 7.05. The predicted octanol–water partition coefficient (Wildman–Crippen LogP) is 0.938. The molecule has 0 bridgehead atoms. The Labute approximate surface area is 109 Å². The molecule has 0 rings (SSSR count). The standard InChI is InChI=1S/C9H18N2O.C2H5O3P/c1-8(2)9(12)10-6-5-7-11(3)4;1-2-6(3,4)5/h1,5-7H2,2-4H3,(H,10,12);2H,1H2,(H2,3,4,5). The van der Waals surface area contributed by atoms with Crippen molar-refractivity contribution in [3.05, 3.63) is 24.5 Å². The molecule has 0 unspecified atom stereocenters. The third kappa shape index (κ3) is 17.5. The third-order valence-electron chi connectivity index (χ3n) is 1.69. The van der Waals surface area contributed by atoms with Gasteiger partial charge in [0.05, 0.1) is 0 Å². The van der Waals surface area contributed by atoms with E-state index in [0.717, 1.165) is 19.5 Å². The molecule has 0 spiro atoms. The van der Waals surface area contributed by atoms with Crippen LogP contribution in [0.2, 0.25) is 0 Å². The predicted molar refractivity (Wildman–Crippen MR) is 73.2 cm³/mol. The quantitative estimate of drug-likeness (QED) is 0.382. The van der Waals surface area contributed by atoms with Gasteiger partial charge in [-0.25, -0.2) is 0 Å². The van der Waals surface area contributed by atoms with Crippen LogP contribution in [0.4, 0.5) is 0 Å². The van der Waals surface area contributed by atoms with Crippen molar-refractivity contribution in [1.29, 1.82) is 0 Å². The van der Waals surface area contributed by atoms with Gasteiger partial charge >= 0.3 is 7.60 Å². The summed E-state index contributed by atoms with van der Waals surface area (Å²) in [5.41, 5.74) is 0.569. The van der Waals surface area contributed by atoms with E-state index in [0.29, 0.717) is 11.4 Å². The van der Waals surface area contributed by atoms with Crippen LogP contribution in [0.25, 0.3) is 0 Å². The van der Waals surface area contributed by atoms with Gasteiger partial charge in [-0.2, -0.15) is 0 Å². The van der Waals surface area contributed by atoms with Crippen LogP contribution in [-0.2, 0) is 9.36 Å². The van der Waals surface area contributed by atoms with Gasteiger partial charge in [0.15, 0.2) is 0 Å². The molecule has 1 amide bonds. The number of amides is 1. The van der Waals surface area contributed by atoms with Crippen molar-refractivity contribution in [3.63, 3.8) is 0 Å². The fourth-order valence-corrected chi connectivity index (χ4v) is 0.748. The first-order valence-electron chi connectivity index (χ1n) is 5.37. The van der Waals surface area contributed by atoms with Crippen molar-refractivity contribution >= 4 is 13.5 Å². The molecule has 0 aromatic rings. The summed E-state index contributed by atoms with van der Waals surface area (Å²) in [5, 5.41) is 2.77. The summed E-state index contributed by atoms with van der Waals surface area (Å²) in [6.07, 6.45) is 0.978. The molecule has 106 valence electrons. The second-order valence-corrected chi connectivity index (χ2v) is 5.51. The van der Waals surface area contributed by atoms with Crippen LogP contribution in [0.3, 0.4) is 0 Å². The first-order chi connectivity index (χ1) is 8.10. The van der Waals surface area contributed by atoms with E-state index in [2.05, 4.69) is 23.4 Å². The van der Waals surface area contributed by atoms with Crippen LogP contribution in [0.1, 0.15) is 13.3 Å². The second-order valence-electron chi connectivity index (χ2n) is 3.96. The molecule has 6 nitrogen and oxygen atoms in total. The van der Waals surface area contributed by atoms with Gasteiger partial charge in [0.1, 0.15) is 0 Å². The smallest absolute Gasteiger partial charge is 0.348 e. The highest BCUT2D eigenvalue weighted by Crippen LogP contribution is 2.34. The van der Waals surface area contributed by atoms with E-state index in [9.17, 15) is 9.36 Å². The van der Waals surface area contributed by atoms with Gasteiger partial charge in [-0.3, -0.25) is 9.36 Å². The summed E-state index contributed by atoms with van der Waals surface area (Å²) in [5.74, 6) is 0.557. The van der Waals surface area contributed by atoms with Crippen LogP contribution in [0.15, 0.2) is 24.5 Å². The molecular weight excluding hydrogens is 255 g/mol. The SMILES string of the molecule is C=C(C)C(=O)NCCCN(C)C.C=CP(=O)(O)O. The van der Waals surface area contributed by atoms with Gasteiger partial charge in [-0.15, -0.1) is 0 Å². The van der Waals surface area contributed by atoms with Crippen molar-refractivity contribution in [2.75, 3.05) is 27.2 Å². The number of nitrogens with one attached hydrogen (secondary N) is 1. The molecule has 0 atom stereocenters. The summed E-state index contributed by atoms with van der Waals surface area (Å²) in [4.78, 5) is 28.7. The van der Waals surface area contributed by atoms with Gasteiger partial charge in [0.25, 0.3) is 0 Å². The van der Waals surface area contributed by atoms with Gasteiger partial charge in [0, 0.05) is 17.9 Å². The lowest BCUT2D eigenvalue weighted by Gasteiger charge is -2.09. The molecule has 7 heteroatoms. The molecule has 0 aliphatic rings. The highest BCUT2D eigenvalue weighted by molar-refractivity contribution is 7.55. The molecule has 3 N–H and O–H groups in total. The van der Waals surface area contributed by atoms with Crippen LogP contribution >= 0.6 is 7.60 Å². The fourth-order valence-electron chi connectivity index (χ4n) is 0.748. The monoisotopic (exact) mass is 278 g/mol. The Morgan fingerprint density at radius 1 is 1.44 bits per heavy atom. The van der Waals surface area contributed by atoms with Crippen LogP contribution in [0, 0.1) is 0 Å². The van der Waals surface area contributed by atoms with Crippen LogP contribution in [0.5, 0.6) is 0 Å². The van der Waals surface area contributed by atoms with Gasteiger partial charge in [-0.1, -0.05) is 13.2 Å². The second kappa shape index (κ2) is 10.0. The first kappa shape index (κ1) is 19.4. The Morgan fingerprint density at radius 3 is 2.17 bits per heavy atom. The summed E-state index contributed by atoms with van der Waals surface area (Å²) in [7, 11) is 0.146. The maximum Gasteiger partial charge on any atom is 0.348 e. The van der Waals surface area contributed by atoms with E-state index in [-0.39, 0.29) is 5.91 Å². The number of carbonyl (C=O) groups excluding carboxylic acids is 1. The zero-order valence-electron chi connectivity index (χ0n) is 11.2. The zero-order chi connectivity index (χ0) is 14.8. The highest BCUT2D eigenvalue weighted by atomic mass is 31.2. The molecule has 0 aromatic heterocycles. The Bertz CT molecular complexity index is 323. The Morgan fingerprint density at radius 2 is 1.89 bits per heavy atom. The van der Waals surface area contributed by atoms with Crippen molar-refractivity contribution < 1.29 is 19.1 Å². The number of nitrogens with zero attached hydrogens (tertiary/aromatic N) is 1. The molecule has 0 saturated carbocycles. The maximum atomic E-state index is 11.0. The molecule has 0 saturated heterocycles. The van der Waals surface area contributed by atoms with E-state index >= 15 is 0 Å². The van der Waals surface area contributed by atoms with Crippen molar-refractivity contribution in [2.24, 2.45) is 0 Å². The average molecular weight is 278 g/mol. The number of hydrogen-bond donors (Lipinski definition) is 3. The van der Waals surface area contributed by atoms with E-state index in [4.69, 9.17) is 9.79 Å². The minimum Gasteiger partial charge on any atom is -0.352 e. The normalized spacial score (nSPS) is 10.3. The summed E-state index contributed by atoms with van der Waals surface area (Å²) in [6.45, 7) is 9.85. The molecule has 0 aliphatic carbocycles. The topological polar surface area (TPSA) is 89.9 Å².